The van der Waals surface area contributed by atoms with E-state index in [1.165, 1.54) is 10.4 Å². The van der Waals surface area contributed by atoms with E-state index in [1.54, 1.807) is 32.9 Å². The van der Waals surface area contributed by atoms with Crippen molar-refractivity contribution in [3.8, 4) is 0 Å². The Bertz CT molecular complexity index is 509. The average molecular weight is 315 g/mol. The van der Waals surface area contributed by atoms with Crippen LogP contribution in [-0.4, -0.2) is 36.8 Å². The van der Waals surface area contributed by atoms with E-state index < -0.39 is 28.8 Å². The third kappa shape index (κ3) is 4.18. The van der Waals surface area contributed by atoms with Crippen molar-refractivity contribution in [1.29, 1.82) is 0 Å². The van der Waals surface area contributed by atoms with Crippen molar-refractivity contribution in [2.75, 3.05) is 6.54 Å². The molecule has 118 valence electrons. The van der Waals surface area contributed by atoms with E-state index in [2.05, 4.69) is 6.58 Å². The van der Waals surface area contributed by atoms with Crippen molar-refractivity contribution < 1.29 is 23.4 Å². The third-order valence-electron chi connectivity index (χ3n) is 3.23. The molecule has 0 aliphatic carbocycles. The standard InChI is InChI=1S/C14H21NO5S/c1-5-7-12-11(6-2)15(21(18)19)9-10(20-12)8-14(3,4)13(16)17/h5-7,10H,1,8-9H2,2-4H3,(H,16,17)(H,18,19)/b11-6+,12-7+/t10-/m0/s1. The molecule has 0 aromatic carbocycles. The Morgan fingerprint density at radius 1 is 1.62 bits per heavy atom. The average Bonchev–Trinajstić information content (AvgIpc) is 2.37. The van der Waals surface area contributed by atoms with Crippen LogP contribution in [0, 0.1) is 5.41 Å². The minimum absolute atomic E-state index is 0.147. The van der Waals surface area contributed by atoms with E-state index in [-0.39, 0.29) is 13.0 Å². The number of carboxylic acid groups (broad SMARTS) is 1. The van der Waals surface area contributed by atoms with Gasteiger partial charge in [-0.05, 0) is 26.8 Å². The molecule has 6 nitrogen and oxygen atoms in total. The number of hydrogen-bond donors (Lipinski definition) is 2. The Morgan fingerprint density at radius 3 is 2.67 bits per heavy atom. The molecule has 1 saturated heterocycles. The summed E-state index contributed by atoms with van der Waals surface area (Å²) >= 11 is -2.20. The lowest BCUT2D eigenvalue weighted by molar-refractivity contribution is -0.149. The largest absolute Gasteiger partial charge is 0.486 e. The van der Waals surface area contributed by atoms with Crippen LogP contribution in [0.2, 0.25) is 0 Å². The number of morpholine rings is 1. The van der Waals surface area contributed by atoms with Gasteiger partial charge in [0.2, 0.25) is 0 Å². The van der Waals surface area contributed by atoms with Gasteiger partial charge in [-0.3, -0.25) is 13.7 Å². The Morgan fingerprint density at radius 2 is 2.24 bits per heavy atom. The molecule has 2 atom stereocenters. The smallest absolute Gasteiger partial charge is 0.309 e. The second-order valence-corrected chi connectivity index (χ2v) is 6.27. The molecule has 0 spiro atoms. The summed E-state index contributed by atoms with van der Waals surface area (Å²) in [6.07, 6.45) is 4.50. The van der Waals surface area contributed by atoms with Gasteiger partial charge < -0.3 is 9.84 Å². The second kappa shape index (κ2) is 6.91. The van der Waals surface area contributed by atoms with Gasteiger partial charge in [-0.15, -0.1) is 0 Å². The summed E-state index contributed by atoms with van der Waals surface area (Å²) in [5.74, 6) is -0.527. The van der Waals surface area contributed by atoms with Crippen molar-refractivity contribution in [2.24, 2.45) is 5.41 Å². The number of nitrogens with zero attached hydrogens (tertiary/aromatic N) is 1. The zero-order valence-electron chi connectivity index (χ0n) is 12.4. The van der Waals surface area contributed by atoms with Gasteiger partial charge in [0.25, 0.3) is 11.3 Å². The maximum absolute atomic E-state index is 11.5. The molecule has 2 N–H and O–H groups in total. The quantitative estimate of drug-likeness (QED) is 0.760. The number of hydrogen-bond acceptors (Lipinski definition) is 3. The van der Waals surface area contributed by atoms with Gasteiger partial charge >= 0.3 is 5.97 Å². The number of allylic oxidation sites excluding steroid dienone is 3. The van der Waals surface area contributed by atoms with Gasteiger partial charge in [-0.2, -0.15) is 0 Å². The number of ether oxygens (including phenoxy) is 1. The number of carboxylic acids is 1. The fraction of sp³-hybridized carbons (Fsp3) is 0.500. The molecular formula is C14H21NO5S. The first-order valence-electron chi connectivity index (χ1n) is 6.51. The monoisotopic (exact) mass is 315 g/mol. The van der Waals surface area contributed by atoms with Gasteiger partial charge in [0.1, 0.15) is 11.9 Å². The summed E-state index contributed by atoms with van der Waals surface area (Å²) in [6, 6.07) is 0. The predicted molar refractivity (Wildman–Crippen MR) is 80.4 cm³/mol. The van der Waals surface area contributed by atoms with Crippen LogP contribution in [0.25, 0.3) is 0 Å². The van der Waals surface area contributed by atoms with Gasteiger partial charge in [-0.1, -0.05) is 18.7 Å². The summed E-state index contributed by atoms with van der Waals surface area (Å²) in [5.41, 5.74) is -0.500. The fourth-order valence-electron chi connectivity index (χ4n) is 2.11. The minimum Gasteiger partial charge on any atom is -0.486 e. The zero-order valence-corrected chi connectivity index (χ0v) is 13.2. The first kappa shape index (κ1) is 17.5. The van der Waals surface area contributed by atoms with Gasteiger partial charge in [0.15, 0.2) is 0 Å². The van der Waals surface area contributed by atoms with Crippen LogP contribution in [0.4, 0.5) is 0 Å². The van der Waals surface area contributed by atoms with E-state index in [0.29, 0.717) is 11.5 Å². The van der Waals surface area contributed by atoms with Crippen molar-refractivity contribution in [3.63, 3.8) is 0 Å². The molecule has 1 fully saturated rings. The normalized spacial score (nSPS) is 24.8. The summed E-state index contributed by atoms with van der Waals surface area (Å²) in [4.78, 5) is 11.2. The van der Waals surface area contributed by atoms with E-state index >= 15 is 0 Å². The molecular weight excluding hydrogens is 294 g/mol. The highest BCUT2D eigenvalue weighted by Crippen LogP contribution is 2.32. The van der Waals surface area contributed by atoms with Crippen LogP contribution in [-0.2, 0) is 20.8 Å². The molecule has 1 rings (SSSR count). The maximum Gasteiger partial charge on any atom is 0.309 e. The Labute approximate surface area is 127 Å². The molecule has 1 aliphatic heterocycles. The molecule has 0 aromatic heterocycles. The fourth-order valence-corrected chi connectivity index (χ4v) is 2.77. The lowest BCUT2D eigenvalue weighted by Gasteiger charge is -2.37. The molecule has 1 unspecified atom stereocenters. The summed E-state index contributed by atoms with van der Waals surface area (Å²) in [5, 5.41) is 9.19. The summed E-state index contributed by atoms with van der Waals surface area (Å²) in [7, 11) is 0. The highest BCUT2D eigenvalue weighted by molar-refractivity contribution is 7.76. The minimum atomic E-state index is -2.20. The molecule has 0 saturated carbocycles. The topological polar surface area (TPSA) is 87.1 Å². The van der Waals surface area contributed by atoms with Gasteiger partial charge in [0, 0.05) is 6.42 Å². The number of aliphatic carboxylic acids is 1. The summed E-state index contributed by atoms with van der Waals surface area (Å²) in [6.45, 7) is 8.66. The van der Waals surface area contributed by atoms with E-state index in [0.717, 1.165) is 0 Å². The van der Waals surface area contributed by atoms with E-state index in [4.69, 9.17) is 4.74 Å². The molecule has 0 amide bonds. The number of rotatable bonds is 5. The number of carbonyl (C=O) groups is 1. The van der Waals surface area contributed by atoms with Gasteiger partial charge in [-0.25, -0.2) is 4.21 Å². The van der Waals surface area contributed by atoms with Crippen LogP contribution in [0.5, 0.6) is 0 Å². The van der Waals surface area contributed by atoms with E-state index in [9.17, 15) is 18.7 Å². The van der Waals surface area contributed by atoms with Crippen LogP contribution in [0.1, 0.15) is 27.2 Å². The van der Waals surface area contributed by atoms with Crippen molar-refractivity contribution in [3.05, 3.63) is 36.3 Å². The van der Waals surface area contributed by atoms with Gasteiger partial charge in [0.05, 0.1) is 17.7 Å². The molecule has 0 aromatic rings. The molecule has 0 bridgehead atoms. The molecule has 1 heterocycles. The Hall–Kier alpha value is -1.60. The molecule has 1 aliphatic rings. The third-order valence-corrected chi connectivity index (χ3v) is 3.96. The molecule has 21 heavy (non-hydrogen) atoms. The lowest BCUT2D eigenvalue weighted by Crippen LogP contribution is -2.43. The zero-order chi connectivity index (χ0) is 16.2. The molecule has 0 radical (unpaired) electrons. The predicted octanol–water partition coefficient (Wildman–Crippen LogP) is 2.30. The summed E-state index contributed by atoms with van der Waals surface area (Å²) < 4.78 is 28.0. The SMILES string of the molecule is C=C/C=C1/O[C@@H](CC(C)(C)C(=O)O)CN(S(=O)O)/C1=C/C. The highest BCUT2D eigenvalue weighted by atomic mass is 32.2. The van der Waals surface area contributed by atoms with Crippen LogP contribution >= 0.6 is 0 Å². The lowest BCUT2D eigenvalue weighted by atomic mass is 9.86. The Balaban J connectivity index is 3.06. The van der Waals surface area contributed by atoms with Crippen LogP contribution in [0.15, 0.2) is 36.3 Å². The van der Waals surface area contributed by atoms with Crippen LogP contribution in [0.3, 0.4) is 0 Å². The first-order valence-corrected chi connectivity index (χ1v) is 7.57. The van der Waals surface area contributed by atoms with Crippen molar-refractivity contribution in [1.82, 2.24) is 4.31 Å². The maximum atomic E-state index is 11.5. The van der Waals surface area contributed by atoms with Crippen molar-refractivity contribution >= 4 is 17.2 Å². The Kier molecular flexibility index (Phi) is 5.74. The van der Waals surface area contributed by atoms with Crippen LogP contribution < -0.4 is 0 Å². The van der Waals surface area contributed by atoms with E-state index in [1.807, 2.05) is 0 Å². The second-order valence-electron chi connectivity index (χ2n) is 5.37. The molecule has 7 heteroatoms. The first-order chi connectivity index (χ1) is 9.72. The highest BCUT2D eigenvalue weighted by Gasteiger charge is 2.37. The van der Waals surface area contributed by atoms with Crippen molar-refractivity contribution in [2.45, 2.75) is 33.3 Å².